The van der Waals surface area contributed by atoms with Crippen molar-refractivity contribution in [3.8, 4) is 0 Å². The van der Waals surface area contributed by atoms with Gasteiger partial charge in [0.2, 0.25) is 0 Å². The van der Waals surface area contributed by atoms with Crippen molar-refractivity contribution in [3.63, 3.8) is 0 Å². The van der Waals surface area contributed by atoms with Crippen molar-refractivity contribution in [1.82, 2.24) is 15.1 Å². The highest BCUT2D eigenvalue weighted by molar-refractivity contribution is 7.98. The zero-order valence-electron chi connectivity index (χ0n) is 10.6. The van der Waals surface area contributed by atoms with E-state index < -0.39 is 17.9 Å². The minimum Gasteiger partial charge on any atom is -0.480 e. The molecule has 6 nitrogen and oxygen atoms in total. The fourth-order valence-corrected chi connectivity index (χ4v) is 2.02. The van der Waals surface area contributed by atoms with Crippen molar-refractivity contribution < 1.29 is 14.7 Å². The number of aromatic nitrogens is 2. The lowest BCUT2D eigenvalue weighted by Gasteiger charge is -2.13. The van der Waals surface area contributed by atoms with Crippen molar-refractivity contribution in [2.24, 2.45) is 7.05 Å². The number of nitrogens with one attached hydrogen (secondary N) is 1. The van der Waals surface area contributed by atoms with Gasteiger partial charge < -0.3 is 10.4 Å². The first-order valence-corrected chi connectivity index (χ1v) is 6.88. The van der Waals surface area contributed by atoms with Gasteiger partial charge in [-0.15, -0.1) is 0 Å². The summed E-state index contributed by atoms with van der Waals surface area (Å²) in [7, 11) is 1.65. The zero-order chi connectivity index (χ0) is 13.7. The molecule has 0 radical (unpaired) electrons. The maximum absolute atomic E-state index is 11.9. The van der Waals surface area contributed by atoms with Crippen LogP contribution >= 0.6 is 11.8 Å². The quantitative estimate of drug-likeness (QED) is 0.794. The molecule has 0 saturated heterocycles. The number of hydrogen-bond acceptors (Lipinski definition) is 4. The van der Waals surface area contributed by atoms with Gasteiger partial charge >= 0.3 is 5.97 Å². The van der Waals surface area contributed by atoms with Gasteiger partial charge in [-0.3, -0.25) is 9.48 Å². The predicted octanol–water partition coefficient (Wildman–Crippen LogP) is 0.665. The molecule has 0 fully saturated rings. The first-order valence-electron chi connectivity index (χ1n) is 5.49. The molecule has 0 aromatic carbocycles. The largest absolute Gasteiger partial charge is 0.480 e. The second-order valence-corrected chi connectivity index (χ2v) is 4.93. The summed E-state index contributed by atoms with van der Waals surface area (Å²) >= 11 is 1.55. The van der Waals surface area contributed by atoms with Gasteiger partial charge in [0, 0.05) is 7.05 Å². The molecular formula is C11H17N3O3S. The van der Waals surface area contributed by atoms with Gasteiger partial charge in [0.15, 0.2) is 0 Å². The van der Waals surface area contributed by atoms with Crippen LogP contribution in [0.25, 0.3) is 0 Å². The van der Waals surface area contributed by atoms with E-state index >= 15 is 0 Å². The smallest absolute Gasteiger partial charge is 0.326 e. The summed E-state index contributed by atoms with van der Waals surface area (Å²) in [4.78, 5) is 22.9. The Morgan fingerprint density at radius 2 is 2.28 bits per heavy atom. The molecule has 0 unspecified atom stereocenters. The van der Waals surface area contributed by atoms with Crippen LogP contribution in [-0.4, -0.2) is 44.8 Å². The van der Waals surface area contributed by atoms with E-state index in [-0.39, 0.29) is 0 Å². The molecule has 0 bridgehead atoms. The molecular weight excluding hydrogens is 254 g/mol. The SMILES string of the molecule is CSCC[C@H](NC(=O)c1cc(C)nn1C)C(=O)O. The molecule has 1 atom stereocenters. The van der Waals surface area contributed by atoms with Crippen molar-refractivity contribution in [1.29, 1.82) is 0 Å². The number of carbonyl (C=O) groups excluding carboxylic acids is 1. The predicted molar refractivity (Wildman–Crippen MR) is 69.8 cm³/mol. The Bertz CT molecular complexity index is 445. The number of aryl methyl sites for hydroxylation is 2. The van der Waals surface area contributed by atoms with Crippen molar-refractivity contribution in [2.45, 2.75) is 19.4 Å². The number of hydrogen-bond donors (Lipinski definition) is 2. The summed E-state index contributed by atoms with van der Waals surface area (Å²) < 4.78 is 1.44. The fraction of sp³-hybridized carbons (Fsp3) is 0.545. The number of carbonyl (C=O) groups is 2. The highest BCUT2D eigenvalue weighted by atomic mass is 32.2. The summed E-state index contributed by atoms with van der Waals surface area (Å²) in [6.07, 6.45) is 2.30. The molecule has 1 heterocycles. The van der Waals surface area contributed by atoms with Gasteiger partial charge in [-0.2, -0.15) is 16.9 Å². The van der Waals surface area contributed by atoms with E-state index in [1.807, 2.05) is 6.26 Å². The number of rotatable bonds is 6. The second kappa shape index (κ2) is 6.44. The van der Waals surface area contributed by atoms with E-state index in [1.165, 1.54) is 4.68 Å². The van der Waals surface area contributed by atoms with Crippen LogP contribution in [-0.2, 0) is 11.8 Å². The number of aliphatic carboxylic acids is 1. The fourth-order valence-electron chi connectivity index (χ4n) is 1.55. The number of nitrogens with zero attached hydrogens (tertiary/aromatic N) is 2. The lowest BCUT2D eigenvalue weighted by Crippen LogP contribution is -2.41. The molecule has 0 saturated carbocycles. The Morgan fingerprint density at radius 3 is 2.72 bits per heavy atom. The summed E-state index contributed by atoms with van der Waals surface area (Å²) in [5, 5.41) is 15.6. The van der Waals surface area contributed by atoms with E-state index in [9.17, 15) is 9.59 Å². The number of thioether (sulfide) groups is 1. The van der Waals surface area contributed by atoms with Crippen LogP contribution in [0.4, 0.5) is 0 Å². The minimum absolute atomic E-state index is 0.364. The summed E-state index contributed by atoms with van der Waals surface area (Å²) in [5.74, 6) is -0.746. The minimum atomic E-state index is -1.02. The molecule has 18 heavy (non-hydrogen) atoms. The van der Waals surface area contributed by atoms with Crippen LogP contribution in [0.15, 0.2) is 6.07 Å². The zero-order valence-corrected chi connectivity index (χ0v) is 11.5. The average Bonchev–Trinajstić information content (AvgIpc) is 2.63. The Hall–Kier alpha value is -1.50. The molecule has 0 spiro atoms. The van der Waals surface area contributed by atoms with Gasteiger partial charge in [-0.1, -0.05) is 0 Å². The lowest BCUT2D eigenvalue weighted by atomic mass is 10.2. The molecule has 2 N–H and O–H groups in total. The molecule has 0 aliphatic heterocycles. The van der Waals surface area contributed by atoms with Crippen molar-refractivity contribution in [2.75, 3.05) is 12.0 Å². The number of carboxylic acid groups (broad SMARTS) is 1. The molecule has 7 heteroatoms. The maximum atomic E-state index is 11.9. The molecule has 100 valence electrons. The van der Waals surface area contributed by atoms with Crippen LogP contribution in [0, 0.1) is 6.92 Å². The standard InChI is InChI=1S/C11H17N3O3S/c1-7-6-9(14(2)13-7)10(15)12-8(11(16)17)4-5-18-3/h6,8H,4-5H2,1-3H3,(H,12,15)(H,16,17)/t8-/m0/s1. The van der Waals surface area contributed by atoms with Crippen molar-refractivity contribution in [3.05, 3.63) is 17.5 Å². The monoisotopic (exact) mass is 271 g/mol. The van der Waals surface area contributed by atoms with Gasteiger partial charge in [0.05, 0.1) is 5.69 Å². The third-order valence-corrected chi connectivity index (χ3v) is 3.09. The maximum Gasteiger partial charge on any atom is 0.326 e. The van der Waals surface area contributed by atoms with E-state index in [4.69, 9.17) is 5.11 Å². The van der Waals surface area contributed by atoms with E-state index in [0.29, 0.717) is 17.9 Å². The second-order valence-electron chi connectivity index (χ2n) is 3.94. The van der Waals surface area contributed by atoms with E-state index in [1.54, 1.807) is 31.8 Å². The molecule has 1 rings (SSSR count). The summed E-state index contributed by atoms with van der Waals surface area (Å²) in [6.45, 7) is 1.78. The first-order chi connectivity index (χ1) is 8.45. The van der Waals surface area contributed by atoms with Gasteiger partial charge in [-0.25, -0.2) is 4.79 Å². The molecule has 0 aliphatic rings. The highest BCUT2D eigenvalue weighted by Crippen LogP contribution is 2.05. The van der Waals surface area contributed by atoms with Crippen LogP contribution in [0.3, 0.4) is 0 Å². The van der Waals surface area contributed by atoms with Crippen LogP contribution < -0.4 is 5.32 Å². The Balaban J connectivity index is 2.72. The third-order valence-electron chi connectivity index (χ3n) is 2.45. The Labute approximate surface area is 110 Å². The molecule has 1 amide bonds. The lowest BCUT2D eigenvalue weighted by molar-refractivity contribution is -0.139. The van der Waals surface area contributed by atoms with Gasteiger partial charge in [-0.05, 0) is 31.4 Å². The van der Waals surface area contributed by atoms with E-state index in [0.717, 1.165) is 5.69 Å². The Morgan fingerprint density at radius 1 is 1.61 bits per heavy atom. The van der Waals surface area contributed by atoms with Crippen LogP contribution in [0.1, 0.15) is 22.6 Å². The summed E-state index contributed by atoms with van der Waals surface area (Å²) in [5.41, 5.74) is 1.08. The van der Waals surface area contributed by atoms with Gasteiger partial charge in [0.1, 0.15) is 11.7 Å². The van der Waals surface area contributed by atoms with Gasteiger partial charge in [0.25, 0.3) is 5.91 Å². The van der Waals surface area contributed by atoms with Crippen molar-refractivity contribution >= 4 is 23.6 Å². The number of amides is 1. The number of carboxylic acids is 1. The topological polar surface area (TPSA) is 84.2 Å². The average molecular weight is 271 g/mol. The molecule has 1 aromatic heterocycles. The van der Waals surface area contributed by atoms with E-state index in [2.05, 4.69) is 10.4 Å². The summed E-state index contributed by atoms with van der Waals surface area (Å²) in [6, 6.07) is 0.767. The third kappa shape index (κ3) is 3.76. The molecule has 1 aromatic rings. The first kappa shape index (κ1) is 14.6. The van der Waals surface area contributed by atoms with Crippen LogP contribution in [0.5, 0.6) is 0 Å². The normalized spacial score (nSPS) is 12.2. The van der Waals surface area contributed by atoms with Crippen LogP contribution in [0.2, 0.25) is 0 Å². The molecule has 0 aliphatic carbocycles. The Kier molecular flexibility index (Phi) is 5.21. The highest BCUT2D eigenvalue weighted by Gasteiger charge is 2.21.